The predicted octanol–water partition coefficient (Wildman–Crippen LogP) is 5.15. The molecule has 0 fully saturated rings. The Bertz CT molecular complexity index is 1140. The molecule has 0 aliphatic rings. The monoisotopic (exact) mass is 866 g/mol. The lowest BCUT2D eigenvalue weighted by Crippen LogP contribution is -2.47. The second-order valence-corrected chi connectivity index (χ2v) is 16.8. The molecule has 0 aromatic carbocycles. The van der Waals surface area contributed by atoms with Crippen molar-refractivity contribution in [2.24, 2.45) is 22.9 Å². The van der Waals surface area contributed by atoms with Crippen LogP contribution >= 0.6 is 0 Å². The highest BCUT2D eigenvalue weighted by Crippen LogP contribution is 2.12. The zero-order valence-electron chi connectivity index (χ0n) is 38.4. The lowest BCUT2D eigenvalue weighted by Gasteiger charge is -2.19. The van der Waals surface area contributed by atoms with Gasteiger partial charge < -0.3 is 49.5 Å². The molecule has 0 heterocycles. The van der Waals surface area contributed by atoms with Crippen LogP contribution in [0.3, 0.4) is 0 Å². The minimum absolute atomic E-state index is 0.0599. The molecule has 6 amide bonds. The Morgan fingerprint density at radius 2 is 0.672 bits per heavy atom. The first-order valence-corrected chi connectivity index (χ1v) is 24.4. The fraction of sp³-hybridized carbons (Fsp3) is 0.870. The van der Waals surface area contributed by atoms with Crippen molar-refractivity contribution >= 4 is 35.4 Å². The Kier molecular flexibility index (Phi) is 39.7. The van der Waals surface area contributed by atoms with Crippen LogP contribution < -0.4 is 49.5 Å². The summed E-state index contributed by atoms with van der Waals surface area (Å²) < 4.78 is 0. The van der Waals surface area contributed by atoms with E-state index in [1.165, 1.54) is 38.5 Å². The number of unbranched alkanes of at least 4 members (excludes halogenated alkanes) is 19. The van der Waals surface area contributed by atoms with Gasteiger partial charge in [0, 0.05) is 32.4 Å². The summed E-state index contributed by atoms with van der Waals surface area (Å²) in [7, 11) is 0. The minimum atomic E-state index is -0.658. The first-order valence-electron chi connectivity index (χ1n) is 24.4. The molecule has 61 heavy (non-hydrogen) atoms. The maximum Gasteiger partial charge on any atom is 0.242 e. The topological polar surface area (TPSA) is 267 Å². The van der Waals surface area contributed by atoms with Crippen molar-refractivity contribution in [3.63, 3.8) is 0 Å². The molecule has 3 unspecified atom stereocenters. The quantitative estimate of drug-likeness (QED) is 0.0366. The van der Waals surface area contributed by atoms with Crippen molar-refractivity contribution in [1.29, 1.82) is 0 Å². The Hall–Kier alpha value is -3.30. The third-order valence-electron chi connectivity index (χ3n) is 11.1. The average molecular weight is 866 g/mol. The molecule has 0 bridgehead atoms. The van der Waals surface area contributed by atoms with E-state index in [0.717, 1.165) is 109 Å². The van der Waals surface area contributed by atoms with Gasteiger partial charge in [0.05, 0.1) is 0 Å². The van der Waals surface area contributed by atoms with Crippen LogP contribution in [0.25, 0.3) is 0 Å². The summed E-state index contributed by atoms with van der Waals surface area (Å²) in [5.74, 6) is -1.22. The van der Waals surface area contributed by atoms with Crippen molar-refractivity contribution < 1.29 is 28.8 Å². The second kappa shape index (κ2) is 42.0. The largest absolute Gasteiger partial charge is 0.368 e. The van der Waals surface area contributed by atoms with Crippen LogP contribution in [0.4, 0.5) is 0 Å². The highest BCUT2D eigenvalue weighted by molar-refractivity contribution is 5.88. The number of carbonyl (C=O) groups is 6. The molecule has 0 aliphatic carbocycles. The molecule has 0 spiro atoms. The van der Waals surface area contributed by atoms with Gasteiger partial charge >= 0.3 is 0 Å². The molecule has 0 aliphatic heterocycles. The highest BCUT2D eigenvalue weighted by Gasteiger charge is 2.21. The number of carbonyl (C=O) groups excluding carboxylic acids is 6. The van der Waals surface area contributed by atoms with Crippen LogP contribution in [0.1, 0.15) is 206 Å². The summed E-state index contributed by atoms with van der Waals surface area (Å²) in [4.78, 5) is 75.3. The van der Waals surface area contributed by atoms with Gasteiger partial charge in [-0.1, -0.05) is 96.8 Å². The molecule has 0 saturated heterocycles. The van der Waals surface area contributed by atoms with E-state index in [1.807, 2.05) is 0 Å². The molecule has 15 heteroatoms. The fourth-order valence-corrected chi connectivity index (χ4v) is 7.25. The van der Waals surface area contributed by atoms with Gasteiger partial charge in [0.1, 0.15) is 18.1 Å². The number of nitrogens with one attached hydrogen (secondary N) is 5. The summed E-state index contributed by atoms with van der Waals surface area (Å²) in [5, 5.41) is 14.6. The Morgan fingerprint density at radius 3 is 1.00 bits per heavy atom. The van der Waals surface area contributed by atoms with E-state index < -0.39 is 24.0 Å². The van der Waals surface area contributed by atoms with Gasteiger partial charge in [0.2, 0.25) is 35.4 Å². The normalized spacial score (nSPS) is 12.6. The molecule has 3 atom stereocenters. The molecule has 0 aromatic rings. The second-order valence-electron chi connectivity index (χ2n) is 16.8. The van der Waals surface area contributed by atoms with Crippen molar-refractivity contribution in [3.8, 4) is 0 Å². The van der Waals surface area contributed by atoms with Crippen LogP contribution in [0.2, 0.25) is 0 Å². The first-order chi connectivity index (χ1) is 29.6. The zero-order chi connectivity index (χ0) is 45.2. The maximum atomic E-state index is 13.0. The Labute approximate surface area is 369 Å². The van der Waals surface area contributed by atoms with E-state index in [-0.39, 0.29) is 29.5 Å². The average Bonchev–Trinajstić information content (AvgIpc) is 3.23. The first kappa shape index (κ1) is 57.7. The molecular weight excluding hydrogens is 775 g/mol. The van der Waals surface area contributed by atoms with Crippen LogP contribution in [0.5, 0.6) is 0 Å². The van der Waals surface area contributed by atoms with Crippen LogP contribution in [-0.2, 0) is 28.8 Å². The molecule has 0 aromatic heterocycles. The van der Waals surface area contributed by atoms with Crippen molar-refractivity contribution in [2.45, 2.75) is 224 Å². The van der Waals surface area contributed by atoms with Crippen LogP contribution in [-0.4, -0.2) is 86.3 Å². The van der Waals surface area contributed by atoms with Crippen molar-refractivity contribution in [2.75, 3.05) is 32.7 Å². The van der Waals surface area contributed by atoms with Crippen molar-refractivity contribution in [1.82, 2.24) is 26.6 Å². The molecule has 0 saturated carbocycles. The van der Waals surface area contributed by atoms with E-state index in [2.05, 4.69) is 33.5 Å². The third-order valence-corrected chi connectivity index (χ3v) is 11.1. The highest BCUT2D eigenvalue weighted by atomic mass is 16.2. The van der Waals surface area contributed by atoms with Gasteiger partial charge in [-0.2, -0.15) is 0 Å². The van der Waals surface area contributed by atoms with E-state index in [4.69, 9.17) is 22.9 Å². The van der Waals surface area contributed by atoms with Gasteiger partial charge in [-0.05, 0) is 110 Å². The van der Waals surface area contributed by atoms with Gasteiger partial charge in [-0.15, -0.1) is 0 Å². The van der Waals surface area contributed by atoms with Gasteiger partial charge in [-0.25, -0.2) is 0 Å². The Balaban J connectivity index is 4.34. The summed E-state index contributed by atoms with van der Waals surface area (Å²) in [6.07, 6.45) is 26.5. The zero-order valence-corrected chi connectivity index (χ0v) is 38.4. The summed E-state index contributed by atoms with van der Waals surface area (Å²) in [6, 6.07) is -1.79. The SMILES string of the molecule is CCCCCCCCCCCC(=O)NC(CCCCN)C(=O)NCCCCCCCC(=O)NC(CCCCN)C(=O)NCCCCCCCC(=O)NC(CCCCN)C(N)=O. The molecule has 13 N–H and O–H groups in total. The third kappa shape index (κ3) is 35.9. The van der Waals surface area contributed by atoms with E-state index >= 15 is 0 Å². The number of primary amides is 1. The van der Waals surface area contributed by atoms with Gasteiger partial charge in [0.25, 0.3) is 0 Å². The standard InChI is InChI=1S/C46H91N9O6/c1-2-3-4-5-6-7-8-11-16-31-42(57)54-39(28-20-23-34-48)45(60)52-37-26-15-10-13-18-32-43(58)55-40(29-21-24-35-49)46(61)51-36-25-14-9-12-17-30-41(56)53-38(44(50)59)27-19-22-33-47/h38-40H,2-37,47-49H2,1H3,(H2,50,59)(H,51,61)(H,52,60)(H,53,56)(H,54,57)(H,55,58). The van der Waals surface area contributed by atoms with Crippen LogP contribution in [0, 0.1) is 0 Å². The molecule has 0 radical (unpaired) electrons. The summed E-state index contributed by atoms with van der Waals surface area (Å²) in [6.45, 7) is 4.89. The van der Waals surface area contributed by atoms with Crippen LogP contribution in [0.15, 0.2) is 0 Å². The number of amides is 6. The van der Waals surface area contributed by atoms with E-state index in [9.17, 15) is 28.8 Å². The number of hydrogen-bond donors (Lipinski definition) is 9. The summed E-state index contributed by atoms with van der Waals surface area (Å²) >= 11 is 0. The minimum Gasteiger partial charge on any atom is -0.368 e. The van der Waals surface area contributed by atoms with Gasteiger partial charge in [-0.3, -0.25) is 28.8 Å². The molecule has 15 nitrogen and oxygen atoms in total. The Morgan fingerprint density at radius 1 is 0.377 bits per heavy atom. The molecular formula is C46H91N9O6. The van der Waals surface area contributed by atoms with E-state index in [1.54, 1.807) is 0 Å². The lowest BCUT2D eigenvalue weighted by atomic mass is 10.1. The number of nitrogens with two attached hydrogens (primary N) is 4. The predicted molar refractivity (Wildman–Crippen MR) is 247 cm³/mol. The maximum absolute atomic E-state index is 13.0. The van der Waals surface area contributed by atoms with Gasteiger partial charge in [0.15, 0.2) is 0 Å². The summed E-state index contributed by atoms with van der Waals surface area (Å²) in [5.41, 5.74) is 22.3. The molecule has 356 valence electrons. The smallest absolute Gasteiger partial charge is 0.242 e. The lowest BCUT2D eigenvalue weighted by molar-refractivity contribution is -0.129. The number of hydrogen-bond acceptors (Lipinski definition) is 9. The fourth-order valence-electron chi connectivity index (χ4n) is 7.25. The molecule has 0 rings (SSSR count). The number of rotatable bonds is 44. The van der Waals surface area contributed by atoms with Crippen molar-refractivity contribution in [3.05, 3.63) is 0 Å². The van der Waals surface area contributed by atoms with E-state index in [0.29, 0.717) is 84.1 Å².